The fourth-order valence-electron chi connectivity index (χ4n) is 3.39. The van der Waals surface area contributed by atoms with Crippen molar-refractivity contribution < 1.29 is 4.74 Å². The largest absolute Gasteiger partial charge is 0.490 e. The van der Waals surface area contributed by atoms with Crippen LogP contribution < -0.4 is 14.8 Å². The first-order valence-electron chi connectivity index (χ1n) is 10.9. The molecule has 1 fully saturated rings. The molecule has 0 amide bonds. The predicted octanol–water partition coefficient (Wildman–Crippen LogP) is 5.09. The average molecular weight is 469 g/mol. The molecule has 0 saturated carbocycles. The number of nitrogens with zero attached hydrogens (tertiary/aromatic N) is 4. The first kappa shape index (κ1) is 22.6. The summed E-state index contributed by atoms with van der Waals surface area (Å²) in [5.74, 6) is 0.919. The fraction of sp³-hybridized carbons (Fsp3) is 0.348. The van der Waals surface area contributed by atoms with E-state index in [9.17, 15) is 0 Å². The number of ether oxygens (including phenoxy) is 1. The molecule has 1 aliphatic heterocycles. The Morgan fingerprint density at radius 1 is 1.03 bits per heavy atom. The molecule has 0 atom stereocenters. The van der Waals surface area contributed by atoms with E-state index in [-0.39, 0.29) is 0 Å². The van der Waals surface area contributed by atoms with Gasteiger partial charge >= 0.3 is 0 Å². The van der Waals surface area contributed by atoms with Crippen LogP contribution in [0, 0.1) is 0 Å². The van der Waals surface area contributed by atoms with Gasteiger partial charge in [0.15, 0.2) is 0 Å². The molecule has 2 aromatic heterocycles. The normalized spacial score (nSPS) is 14.5. The number of likely N-dealkylation sites (tertiary alicyclic amines) is 1. The van der Waals surface area contributed by atoms with E-state index in [1.165, 1.54) is 61.2 Å². The molecular formula is C23H28N6OS2. The second-order valence-corrected chi connectivity index (χ2v) is 9.24. The first-order valence-corrected chi connectivity index (χ1v) is 12.5. The summed E-state index contributed by atoms with van der Waals surface area (Å²) in [6.45, 7) is 4.63. The Labute approximate surface area is 197 Å². The minimum absolute atomic E-state index is 0.540. The molecule has 1 aliphatic rings. The molecule has 4 rings (SSSR count). The lowest BCUT2D eigenvalue weighted by atomic mass is 10.1. The van der Waals surface area contributed by atoms with Gasteiger partial charge in [-0.3, -0.25) is 9.62 Å². The smallest absolute Gasteiger partial charge is 0.217 e. The second-order valence-electron chi connectivity index (χ2n) is 7.43. The van der Waals surface area contributed by atoms with Crippen LogP contribution >= 0.6 is 23.3 Å². The maximum absolute atomic E-state index is 5.89. The maximum Gasteiger partial charge on any atom is 0.217 e. The Bertz CT molecular complexity index is 975. The van der Waals surface area contributed by atoms with E-state index in [4.69, 9.17) is 4.74 Å². The lowest BCUT2D eigenvalue weighted by Crippen LogP contribution is -2.29. The molecule has 7 nitrogen and oxygen atoms in total. The maximum atomic E-state index is 5.89. The Kier molecular flexibility index (Phi) is 8.76. The standard InChI is InChI=1S/C23H28N6OS2/c1-5-14-29(15-6-1)18-19-9-8-10-20(17-19)30-16-7-4-13-25-22-26-27-23(31-22)28-32-21-11-2-3-12-24-21/h2-4,7-12,17H,1,5-6,13-16,18H2,(H,25,26)(H,27,28). The zero-order valence-electron chi connectivity index (χ0n) is 17.9. The minimum atomic E-state index is 0.540. The van der Waals surface area contributed by atoms with Gasteiger partial charge in [0.05, 0.1) is 0 Å². The van der Waals surface area contributed by atoms with E-state index in [0.717, 1.165) is 27.6 Å². The van der Waals surface area contributed by atoms with E-state index in [2.05, 4.69) is 48.3 Å². The van der Waals surface area contributed by atoms with Crippen molar-refractivity contribution >= 4 is 33.5 Å². The van der Waals surface area contributed by atoms with Gasteiger partial charge in [-0.15, -0.1) is 10.2 Å². The van der Waals surface area contributed by atoms with E-state index >= 15 is 0 Å². The number of hydrogen-bond donors (Lipinski definition) is 2. The number of nitrogens with one attached hydrogen (secondary N) is 2. The lowest BCUT2D eigenvalue weighted by molar-refractivity contribution is 0.220. The Hall–Kier alpha value is -2.62. The van der Waals surface area contributed by atoms with Gasteiger partial charge in [0, 0.05) is 31.2 Å². The Balaban J connectivity index is 1.14. The number of rotatable bonds is 11. The summed E-state index contributed by atoms with van der Waals surface area (Å²) in [6.07, 6.45) is 9.81. The molecule has 168 valence electrons. The van der Waals surface area contributed by atoms with E-state index in [1.54, 1.807) is 6.20 Å². The monoisotopic (exact) mass is 468 g/mol. The van der Waals surface area contributed by atoms with Gasteiger partial charge in [-0.05, 0) is 61.8 Å². The van der Waals surface area contributed by atoms with Crippen LogP contribution in [-0.2, 0) is 6.54 Å². The summed E-state index contributed by atoms with van der Waals surface area (Å²) in [4.78, 5) is 6.78. The molecular weight excluding hydrogens is 440 g/mol. The molecule has 0 aliphatic carbocycles. The van der Waals surface area contributed by atoms with E-state index in [0.29, 0.717) is 13.2 Å². The molecule has 32 heavy (non-hydrogen) atoms. The number of pyridine rings is 1. The lowest BCUT2D eigenvalue weighted by Gasteiger charge is -2.26. The summed E-state index contributed by atoms with van der Waals surface area (Å²) in [7, 11) is 0. The van der Waals surface area contributed by atoms with Gasteiger partial charge in [-0.2, -0.15) is 0 Å². The molecule has 3 aromatic rings. The molecule has 3 heterocycles. The Morgan fingerprint density at radius 3 is 2.81 bits per heavy atom. The van der Waals surface area contributed by atoms with Crippen molar-refractivity contribution in [3.63, 3.8) is 0 Å². The zero-order chi connectivity index (χ0) is 21.8. The highest BCUT2D eigenvalue weighted by Gasteiger charge is 2.10. The average Bonchev–Trinajstić information content (AvgIpc) is 3.29. The second kappa shape index (κ2) is 12.4. The highest BCUT2D eigenvalue weighted by Crippen LogP contribution is 2.24. The van der Waals surface area contributed by atoms with Crippen LogP contribution in [0.5, 0.6) is 5.75 Å². The summed E-state index contributed by atoms with van der Waals surface area (Å²) in [5, 5.41) is 13.9. The minimum Gasteiger partial charge on any atom is -0.490 e. The van der Waals surface area contributed by atoms with Crippen molar-refractivity contribution in [3.05, 3.63) is 66.4 Å². The molecule has 9 heteroatoms. The zero-order valence-corrected chi connectivity index (χ0v) is 19.6. The van der Waals surface area contributed by atoms with Gasteiger partial charge in [0.1, 0.15) is 17.4 Å². The number of piperidine rings is 1. The third-order valence-corrected chi connectivity index (χ3v) is 6.61. The van der Waals surface area contributed by atoms with Gasteiger partial charge in [0.2, 0.25) is 10.3 Å². The van der Waals surface area contributed by atoms with Crippen molar-refractivity contribution in [3.8, 4) is 5.75 Å². The van der Waals surface area contributed by atoms with Crippen LogP contribution in [0.3, 0.4) is 0 Å². The highest BCUT2D eigenvalue weighted by atomic mass is 32.2. The molecule has 0 spiro atoms. The van der Waals surface area contributed by atoms with Gasteiger partial charge in [0.25, 0.3) is 0 Å². The molecule has 1 saturated heterocycles. The van der Waals surface area contributed by atoms with E-state index in [1.807, 2.05) is 36.4 Å². The Morgan fingerprint density at radius 2 is 1.94 bits per heavy atom. The number of anilines is 2. The number of benzene rings is 1. The van der Waals surface area contributed by atoms with Crippen molar-refractivity contribution in [2.24, 2.45) is 0 Å². The predicted molar refractivity (Wildman–Crippen MR) is 132 cm³/mol. The SMILES string of the molecule is C(=CCOc1cccc(CN2CCCCC2)c1)CNc1nnc(NSc2ccccn2)s1. The summed E-state index contributed by atoms with van der Waals surface area (Å²) < 4.78 is 9.05. The fourth-order valence-corrected chi connectivity index (χ4v) is 4.68. The first-order chi connectivity index (χ1) is 15.8. The van der Waals surface area contributed by atoms with Crippen LogP contribution in [0.25, 0.3) is 0 Å². The number of aromatic nitrogens is 3. The van der Waals surface area contributed by atoms with Gasteiger partial charge in [-0.25, -0.2) is 4.98 Å². The van der Waals surface area contributed by atoms with Crippen LogP contribution in [0.15, 0.2) is 65.8 Å². The van der Waals surface area contributed by atoms with Crippen LogP contribution in [-0.4, -0.2) is 46.3 Å². The van der Waals surface area contributed by atoms with Gasteiger partial charge in [-0.1, -0.05) is 42.0 Å². The van der Waals surface area contributed by atoms with Crippen LogP contribution in [0.2, 0.25) is 0 Å². The van der Waals surface area contributed by atoms with Crippen molar-refractivity contribution in [1.29, 1.82) is 0 Å². The third-order valence-electron chi connectivity index (χ3n) is 4.94. The van der Waals surface area contributed by atoms with Crippen molar-refractivity contribution in [2.75, 3.05) is 36.3 Å². The number of hydrogen-bond acceptors (Lipinski definition) is 9. The summed E-state index contributed by atoms with van der Waals surface area (Å²) in [5.41, 5.74) is 1.32. The van der Waals surface area contributed by atoms with Crippen LogP contribution in [0.4, 0.5) is 10.3 Å². The summed E-state index contributed by atoms with van der Waals surface area (Å²) >= 11 is 2.88. The molecule has 1 aromatic carbocycles. The molecule has 2 N–H and O–H groups in total. The molecule has 0 unspecified atom stereocenters. The molecule has 0 radical (unpaired) electrons. The highest BCUT2D eigenvalue weighted by molar-refractivity contribution is 8.00. The van der Waals surface area contributed by atoms with Crippen molar-refractivity contribution in [1.82, 2.24) is 20.1 Å². The van der Waals surface area contributed by atoms with E-state index < -0.39 is 0 Å². The summed E-state index contributed by atoms with van der Waals surface area (Å²) in [6, 6.07) is 14.2. The molecule has 0 bridgehead atoms. The van der Waals surface area contributed by atoms with Crippen molar-refractivity contribution in [2.45, 2.75) is 30.8 Å². The van der Waals surface area contributed by atoms with Gasteiger partial charge < -0.3 is 10.1 Å². The van der Waals surface area contributed by atoms with Crippen LogP contribution in [0.1, 0.15) is 24.8 Å². The quantitative estimate of drug-likeness (QED) is 0.298. The topological polar surface area (TPSA) is 75.2 Å². The third kappa shape index (κ3) is 7.51.